The minimum atomic E-state index is 0.264. The molecule has 6 aromatic rings. The van der Waals surface area contributed by atoms with Crippen molar-refractivity contribution in [3.8, 4) is 51.0 Å². The SMILES string of the molecule is CC(C)c1cccc(-c2ccccc2)c1-n1c(-c2ccccc2)nnc1-c1cc(-c2ccc(N(C)C)cc2)on1. The van der Waals surface area contributed by atoms with Crippen LogP contribution < -0.4 is 4.90 Å². The third-order valence-electron chi connectivity index (χ3n) is 7.10. The molecule has 6 heteroatoms. The number of para-hydroxylation sites is 1. The molecule has 0 radical (unpaired) electrons. The van der Waals surface area contributed by atoms with E-state index in [1.807, 2.05) is 56.6 Å². The molecule has 0 amide bonds. The van der Waals surface area contributed by atoms with Gasteiger partial charge in [0, 0.05) is 42.5 Å². The molecule has 0 aliphatic heterocycles. The molecule has 0 saturated heterocycles. The summed E-state index contributed by atoms with van der Waals surface area (Å²) in [4.78, 5) is 2.07. The Morgan fingerprint density at radius 1 is 0.675 bits per heavy atom. The van der Waals surface area contributed by atoms with E-state index in [2.05, 4.69) is 95.2 Å². The first-order valence-corrected chi connectivity index (χ1v) is 13.5. The van der Waals surface area contributed by atoms with Gasteiger partial charge in [-0.1, -0.05) is 97.9 Å². The Morgan fingerprint density at radius 2 is 1.32 bits per heavy atom. The van der Waals surface area contributed by atoms with Gasteiger partial charge in [-0.3, -0.25) is 4.57 Å². The van der Waals surface area contributed by atoms with Crippen molar-refractivity contribution in [3.05, 3.63) is 115 Å². The maximum absolute atomic E-state index is 5.86. The van der Waals surface area contributed by atoms with Gasteiger partial charge < -0.3 is 9.42 Å². The summed E-state index contributed by atoms with van der Waals surface area (Å²) >= 11 is 0. The van der Waals surface area contributed by atoms with E-state index >= 15 is 0 Å². The van der Waals surface area contributed by atoms with Crippen molar-refractivity contribution in [1.29, 1.82) is 0 Å². The summed E-state index contributed by atoms with van der Waals surface area (Å²) in [6.45, 7) is 4.43. The fraction of sp³-hybridized carbons (Fsp3) is 0.147. The second-order valence-electron chi connectivity index (χ2n) is 10.3. The highest BCUT2D eigenvalue weighted by Crippen LogP contribution is 2.39. The van der Waals surface area contributed by atoms with Crippen LogP contribution in [0.1, 0.15) is 25.3 Å². The van der Waals surface area contributed by atoms with Crippen LogP contribution in [-0.4, -0.2) is 34.0 Å². The summed E-state index contributed by atoms with van der Waals surface area (Å²) in [5, 5.41) is 13.9. The summed E-state index contributed by atoms with van der Waals surface area (Å²) < 4.78 is 8.00. The summed E-state index contributed by atoms with van der Waals surface area (Å²) in [5.74, 6) is 2.32. The van der Waals surface area contributed by atoms with Crippen LogP contribution in [0, 0.1) is 0 Å². The molecule has 0 N–H and O–H groups in total. The summed E-state index contributed by atoms with van der Waals surface area (Å²) in [6.07, 6.45) is 0. The van der Waals surface area contributed by atoms with Crippen molar-refractivity contribution in [3.63, 3.8) is 0 Å². The van der Waals surface area contributed by atoms with E-state index in [4.69, 9.17) is 14.7 Å². The van der Waals surface area contributed by atoms with Gasteiger partial charge in [0.15, 0.2) is 23.1 Å². The van der Waals surface area contributed by atoms with Gasteiger partial charge in [-0.15, -0.1) is 10.2 Å². The average Bonchev–Trinajstić information content (AvgIpc) is 3.65. The number of aromatic nitrogens is 4. The molecule has 6 rings (SSSR count). The molecule has 0 saturated carbocycles. The zero-order valence-electron chi connectivity index (χ0n) is 23.1. The van der Waals surface area contributed by atoms with E-state index in [1.165, 1.54) is 5.56 Å². The molecule has 0 unspecified atom stereocenters. The normalized spacial score (nSPS) is 11.2. The first-order valence-electron chi connectivity index (χ1n) is 13.5. The fourth-order valence-corrected chi connectivity index (χ4v) is 5.00. The Bertz CT molecular complexity index is 1730. The predicted molar refractivity (Wildman–Crippen MR) is 162 cm³/mol. The number of hydrogen-bond donors (Lipinski definition) is 0. The first-order chi connectivity index (χ1) is 19.5. The van der Waals surface area contributed by atoms with Gasteiger partial charge in [0.2, 0.25) is 0 Å². The third kappa shape index (κ3) is 4.69. The largest absolute Gasteiger partial charge is 0.378 e. The zero-order valence-corrected chi connectivity index (χ0v) is 23.1. The third-order valence-corrected chi connectivity index (χ3v) is 7.10. The number of hydrogen-bond acceptors (Lipinski definition) is 5. The van der Waals surface area contributed by atoms with Crippen molar-refractivity contribution in [2.24, 2.45) is 0 Å². The van der Waals surface area contributed by atoms with E-state index in [0.717, 1.165) is 39.5 Å². The summed E-state index contributed by atoms with van der Waals surface area (Å²) in [5.41, 5.74) is 8.14. The number of benzene rings is 4. The summed E-state index contributed by atoms with van der Waals surface area (Å²) in [7, 11) is 4.05. The highest BCUT2D eigenvalue weighted by molar-refractivity contribution is 5.80. The van der Waals surface area contributed by atoms with Gasteiger partial charge in [-0.25, -0.2) is 0 Å². The van der Waals surface area contributed by atoms with Crippen LogP contribution in [0.2, 0.25) is 0 Å². The average molecular weight is 526 g/mol. The smallest absolute Gasteiger partial charge is 0.191 e. The van der Waals surface area contributed by atoms with Crippen LogP contribution in [0.25, 0.3) is 51.0 Å². The van der Waals surface area contributed by atoms with E-state index in [1.54, 1.807) is 0 Å². The van der Waals surface area contributed by atoms with Crippen LogP contribution >= 0.6 is 0 Å². The zero-order chi connectivity index (χ0) is 27.6. The lowest BCUT2D eigenvalue weighted by Gasteiger charge is -2.21. The topological polar surface area (TPSA) is 60.0 Å². The number of nitrogens with zero attached hydrogens (tertiary/aromatic N) is 5. The van der Waals surface area contributed by atoms with Gasteiger partial charge in [0.25, 0.3) is 0 Å². The van der Waals surface area contributed by atoms with Crippen molar-refractivity contribution in [2.75, 3.05) is 19.0 Å². The molecule has 2 heterocycles. The van der Waals surface area contributed by atoms with Crippen molar-refractivity contribution < 1.29 is 4.52 Å². The molecule has 0 atom stereocenters. The lowest BCUT2D eigenvalue weighted by molar-refractivity contribution is 0.434. The van der Waals surface area contributed by atoms with Gasteiger partial charge in [0.1, 0.15) is 0 Å². The molecule has 0 aliphatic carbocycles. The molecule has 198 valence electrons. The van der Waals surface area contributed by atoms with E-state index in [-0.39, 0.29) is 5.92 Å². The van der Waals surface area contributed by atoms with Gasteiger partial charge in [0.05, 0.1) is 5.69 Å². The van der Waals surface area contributed by atoms with E-state index < -0.39 is 0 Å². The molecule has 4 aromatic carbocycles. The maximum Gasteiger partial charge on any atom is 0.191 e. The number of anilines is 1. The highest BCUT2D eigenvalue weighted by Gasteiger charge is 2.25. The molecular weight excluding hydrogens is 494 g/mol. The van der Waals surface area contributed by atoms with Gasteiger partial charge in [-0.2, -0.15) is 0 Å². The Kier molecular flexibility index (Phi) is 6.74. The quantitative estimate of drug-likeness (QED) is 0.211. The Hall–Kier alpha value is -4.97. The van der Waals surface area contributed by atoms with Crippen LogP contribution in [0.5, 0.6) is 0 Å². The van der Waals surface area contributed by atoms with E-state index in [9.17, 15) is 0 Å². The molecular formula is C34H31N5O. The molecule has 0 aliphatic rings. The van der Waals surface area contributed by atoms with Crippen molar-refractivity contribution in [1.82, 2.24) is 19.9 Å². The van der Waals surface area contributed by atoms with Gasteiger partial charge in [-0.05, 0) is 41.3 Å². The molecule has 0 spiro atoms. The molecule has 0 bridgehead atoms. The van der Waals surface area contributed by atoms with Crippen molar-refractivity contribution in [2.45, 2.75) is 19.8 Å². The van der Waals surface area contributed by atoms with Crippen LogP contribution in [0.4, 0.5) is 5.69 Å². The maximum atomic E-state index is 5.86. The lowest BCUT2D eigenvalue weighted by atomic mass is 9.93. The monoisotopic (exact) mass is 525 g/mol. The fourth-order valence-electron chi connectivity index (χ4n) is 5.00. The lowest BCUT2D eigenvalue weighted by Crippen LogP contribution is -2.07. The highest BCUT2D eigenvalue weighted by atomic mass is 16.5. The molecule has 0 fully saturated rings. The minimum Gasteiger partial charge on any atom is -0.378 e. The first kappa shape index (κ1) is 25.3. The van der Waals surface area contributed by atoms with Crippen molar-refractivity contribution >= 4 is 5.69 Å². The van der Waals surface area contributed by atoms with Crippen LogP contribution in [-0.2, 0) is 0 Å². The Balaban J connectivity index is 1.58. The van der Waals surface area contributed by atoms with E-state index in [0.29, 0.717) is 17.3 Å². The molecule has 6 nitrogen and oxygen atoms in total. The predicted octanol–water partition coefficient (Wildman–Crippen LogP) is 8.11. The Labute approximate surface area is 234 Å². The second-order valence-corrected chi connectivity index (χ2v) is 10.3. The Morgan fingerprint density at radius 3 is 1.98 bits per heavy atom. The van der Waals surface area contributed by atoms with Crippen LogP contribution in [0.15, 0.2) is 114 Å². The van der Waals surface area contributed by atoms with Gasteiger partial charge >= 0.3 is 0 Å². The van der Waals surface area contributed by atoms with Crippen LogP contribution in [0.3, 0.4) is 0 Å². The second kappa shape index (κ2) is 10.7. The molecule has 40 heavy (non-hydrogen) atoms. The minimum absolute atomic E-state index is 0.264. The molecule has 2 aromatic heterocycles. The summed E-state index contributed by atoms with van der Waals surface area (Å²) in [6, 6.07) is 37.3. The number of rotatable bonds is 7. The standard InChI is InChI=1S/C34H31N5O/c1-23(2)28-16-11-17-29(24-12-7-5-8-13-24)32(28)39-33(26-14-9-6-10-15-26)35-36-34(39)30-22-31(40-37-30)25-18-20-27(21-19-25)38(3)4/h5-23H,1-4H3.